The molecule has 5 rings (SSSR count). The van der Waals surface area contributed by atoms with Crippen molar-refractivity contribution in [3.05, 3.63) is 64.3 Å². The second-order valence-electron chi connectivity index (χ2n) is 9.48. The SMILES string of the molecule is CCN1C(=O)[C@H]2[C@H](CC=C3[C@H](C=Cc4ccc(O)c(OC)c4)C4=C(C[C@H]32)C(=O)C(C)=CC4=O)C1=O. The summed E-state index contributed by atoms with van der Waals surface area (Å²) < 4.78 is 5.20. The molecule has 35 heavy (non-hydrogen) atoms. The van der Waals surface area contributed by atoms with Gasteiger partial charge in [-0.1, -0.05) is 29.9 Å². The van der Waals surface area contributed by atoms with Gasteiger partial charge in [-0.25, -0.2) is 0 Å². The zero-order valence-electron chi connectivity index (χ0n) is 19.9. The summed E-state index contributed by atoms with van der Waals surface area (Å²) in [4.78, 5) is 53.7. The molecule has 1 aliphatic heterocycles. The van der Waals surface area contributed by atoms with Crippen LogP contribution in [0.4, 0.5) is 0 Å². The number of benzene rings is 1. The first-order chi connectivity index (χ1) is 16.8. The minimum Gasteiger partial charge on any atom is -0.504 e. The van der Waals surface area contributed by atoms with Crippen molar-refractivity contribution in [1.82, 2.24) is 4.90 Å². The topological polar surface area (TPSA) is 101 Å². The number of allylic oxidation sites excluding steroid dienone is 7. The molecule has 3 aliphatic carbocycles. The maximum atomic E-state index is 13.2. The average molecular weight is 474 g/mol. The first-order valence-electron chi connectivity index (χ1n) is 11.9. The van der Waals surface area contributed by atoms with Gasteiger partial charge in [-0.05, 0) is 56.4 Å². The highest BCUT2D eigenvalue weighted by atomic mass is 16.5. The number of ketones is 2. The number of carbonyl (C=O) groups excluding carboxylic acids is 4. The molecule has 0 radical (unpaired) electrons. The van der Waals surface area contributed by atoms with Crippen molar-refractivity contribution in [2.24, 2.45) is 23.7 Å². The number of amides is 2. The molecule has 1 aromatic rings. The number of hydrogen-bond acceptors (Lipinski definition) is 6. The lowest BCUT2D eigenvalue weighted by Gasteiger charge is -2.41. The Morgan fingerprint density at radius 2 is 1.91 bits per heavy atom. The van der Waals surface area contributed by atoms with E-state index in [1.165, 1.54) is 24.2 Å². The average Bonchev–Trinajstić information content (AvgIpc) is 3.10. The summed E-state index contributed by atoms with van der Waals surface area (Å²) in [6, 6.07) is 4.94. The van der Waals surface area contributed by atoms with Gasteiger partial charge in [0, 0.05) is 29.2 Å². The molecule has 0 saturated carbocycles. The van der Waals surface area contributed by atoms with Gasteiger partial charge in [0.05, 0.1) is 18.9 Å². The van der Waals surface area contributed by atoms with Crippen molar-refractivity contribution in [2.75, 3.05) is 13.7 Å². The van der Waals surface area contributed by atoms with Crippen molar-refractivity contribution < 1.29 is 29.0 Å². The standard InChI is InChI=1S/C28H27NO6/c1-4-29-27(33)18-9-8-16-17(7-5-15-6-10-21(30)23(12-15)35-3)24-20(13-19(16)25(18)28(29)34)26(32)14(2)11-22(24)31/h5-8,10-12,17-19,25,30H,4,9,13H2,1-3H3/t17-,18-,19+,25-/m0/s1. The molecule has 1 aromatic carbocycles. The molecular formula is C28H27NO6. The van der Waals surface area contributed by atoms with Crippen molar-refractivity contribution in [1.29, 1.82) is 0 Å². The Balaban J connectivity index is 1.61. The molecule has 4 aliphatic rings. The zero-order valence-corrected chi connectivity index (χ0v) is 19.9. The molecule has 1 saturated heterocycles. The maximum absolute atomic E-state index is 13.2. The number of rotatable bonds is 4. The van der Waals surface area contributed by atoms with Crippen LogP contribution in [0.1, 0.15) is 32.3 Å². The number of ether oxygens (including phenoxy) is 1. The van der Waals surface area contributed by atoms with Crippen LogP contribution in [-0.4, -0.2) is 47.0 Å². The minimum absolute atomic E-state index is 0.0203. The van der Waals surface area contributed by atoms with Gasteiger partial charge in [0.2, 0.25) is 11.8 Å². The third-order valence-corrected chi connectivity index (χ3v) is 7.70. The fourth-order valence-electron chi connectivity index (χ4n) is 6.04. The lowest BCUT2D eigenvalue weighted by Crippen LogP contribution is -2.40. The van der Waals surface area contributed by atoms with Gasteiger partial charge < -0.3 is 9.84 Å². The fraction of sp³-hybridized carbons (Fsp3) is 0.357. The van der Waals surface area contributed by atoms with E-state index < -0.39 is 17.8 Å². The summed E-state index contributed by atoms with van der Waals surface area (Å²) >= 11 is 0. The van der Waals surface area contributed by atoms with Gasteiger partial charge in [-0.2, -0.15) is 0 Å². The molecule has 0 spiro atoms. The monoisotopic (exact) mass is 473 g/mol. The van der Waals surface area contributed by atoms with Crippen molar-refractivity contribution in [2.45, 2.75) is 26.7 Å². The largest absolute Gasteiger partial charge is 0.504 e. The Morgan fingerprint density at radius 3 is 2.63 bits per heavy atom. The van der Waals surface area contributed by atoms with Crippen LogP contribution in [0.5, 0.6) is 11.5 Å². The van der Waals surface area contributed by atoms with Crippen molar-refractivity contribution >= 4 is 29.5 Å². The molecule has 1 fully saturated rings. The van der Waals surface area contributed by atoms with Crippen molar-refractivity contribution in [3.63, 3.8) is 0 Å². The van der Waals surface area contributed by atoms with E-state index in [-0.39, 0.29) is 41.5 Å². The summed E-state index contributed by atoms with van der Waals surface area (Å²) in [6.07, 6.45) is 7.81. The van der Waals surface area contributed by atoms with E-state index in [2.05, 4.69) is 0 Å². The van der Waals surface area contributed by atoms with E-state index in [1.807, 2.05) is 18.2 Å². The number of imide groups is 1. The molecule has 7 heteroatoms. The van der Waals surface area contributed by atoms with Crippen LogP contribution in [-0.2, 0) is 19.2 Å². The van der Waals surface area contributed by atoms with Gasteiger partial charge in [0.25, 0.3) is 0 Å². The molecule has 4 atom stereocenters. The zero-order chi connectivity index (χ0) is 25.0. The van der Waals surface area contributed by atoms with E-state index in [9.17, 15) is 24.3 Å². The van der Waals surface area contributed by atoms with E-state index in [0.717, 1.165) is 11.1 Å². The first kappa shape index (κ1) is 23.0. The Kier molecular flexibility index (Phi) is 5.58. The highest BCUT2D eigenvalue weighted by molar-refractivity contribution is 6.23. The second kappa shape index (κ2) is 8.48. The second-order valence-corrected chi connectivity index (χ2v) is 9.48. The van der Waals surface area contributed by atoms with Crippen LogP contribution in [0.15, 0.2) is 58.7 Å². The molecule has 1 N–H and O–H groups in total. The van der Waals surface area contributed by atoms with Gasteiger partial charge in [0.1, 0.15) is 0 Å². The molecule has 7 nitrogen and oxygen atoms in total. The summed E-state index contributed by atoms with van der Waals surface area (Å²) in [5.74, 6) is -2.09. The molecule has 2 amide bonds. The van der Waals surface area contributed by atoms with Crippen molar-refractivity contribution in [3.8, 4) is 11.5 Å². The Hall–Kier alpha value is -3.74. The number of carbonyl (C=O) groups is 4. The smallest absolute Gasteiger partial charge is 0.233 e. The third-order valence-electron chi connectivity index (χ3n) is 7.70. The Labute approximate surface area is 203 Å². The van der Waals surface area contributed by atoms with E-state index in [1.54, 1.807) is 26.0 Å². The molecule has 0 unspecified atom stereocenters. The van der Waals surface area contributed by atoms with Crippen LogP contribution in [0.2, 0.25) is 0 Å². The van der Waals surface area contributed by atoms with Crippen LogP contribution < -0.4 is 4.74 Å². The lowest BCUT2D eigenvalue weighted by molar-refractivity contribution is -0.139. The van der Waals surface area contributed by atoms with Gasteiger partial charge >= 0.3 is 0 Å². The third kappa shape index (κ3) is 3.49. The van der Waals surface area contributed by atoms with Crippen LogP contribution in [0.25, 0.3) is 6.08 Å². The minimum atomic E-state index is -0.518. The van der Waals surface area contributed by atoms with Gasteiger partial charge in [-0.15, -0.1) is 0 Å². The van der Waals surface area contributed by atoms with Gasteiger partial charge in [-0.3, -0.25) is 24.1 Å². The highest BCUT2D eigenvalue weighted by Gasteiger charge is 2.55. The highest BCUT2D eigenvalue weighted by Crippen LogP contribution is 2.52. The first-order valence-corrected chi connectivity index (χ1v) is 11.9. The number of phenols is 1. The van der Waals surface area contributed by atoms with E-state index in [4.69, 9.17) is 4.74 Å². The number of aromatic hydroxyl groups is 1. The molecule has 0 bridgehead atoms. The number of phenolic OH excluding ortho intramolecular Hbond substituents is 1. The Bertz CT molecular complexity index is 1300. The molecule has 1 heterocycles. The van der Waals surface area contributed by atoms with E-state index >= 15 is 0 Å². The quantitative estimate of drug-likeness (QED) is 0.409. The molecular weight excluding hydrogens is 446 g/mol. The summed E-state index contributed by atoms with van der Waals surface area (Å²) in [7, 11) is 1.47. The predicted molar refractivity (Wildman–Crippen MR) is 128 cm³/mol. The normalized spacial score (nSPS) is 28.1. The molecule has 180 valence electrons. The fourth-order valence-corrected chi connectivity index (χ4v) is 6.04. The number of nitrogens with zero attached hydrogens (tertiary/aromatic N) is 1. The number of likely N-dealkylation sites (tertiary alicyclic amines) is 1. The number of fused-ring (bicyclic) bond motifs is 3. The lowest BCUT2D eigenvalue weighted by atomic mass is 9.60. The summed E-state index contributed by atoms with van der Waals surface area (Å²) in [6.45, 7) is 3.75. The van der Waals surface area contributed by atoms with E-state index in [0.29, 0.717) is 35.4 Å². The number of Topliss-reactive ketones (excluding diaryl/α,β-unsaturated/α-hetero) is 1. The van der Waals surface area contributed by atoms with Crippen LogP contribution >= 0.6 is 0 Å². The van der Waals surface area contributed by atoms with Crippen LogP contribution in [0.3, 0.4) is 0 Å². The Morgan fingerprint density at radius 1 is 1.14 bits per heavy atom. The molecule has 0 aromatic heterocycles. The number of hydrogen-bond donors (Lipinski definition) is 1. The number of methoxy groups -OCH3 is 1. The van der Waals surface area contributed by atoms with Gasteiger partial charge in [0.15, 0.2) is 23.1 Å². The summed E-state index contributed by atoms with van der Waals surface area (Å²) in [5.41, 5.74) is 2.96. The predicted octanol–water partition coefficient (Wildman–Crippen LogP) is 3.40. The maximum Gasteiger partial charge on any atom is 0.233 e. The van der Waals surface area contributed by atoms with Crippen LogP contribution in [0, 0.1) is 23.7 Å². The summed E-state index contributed by atoms with van der Waals surface area (Å²) in [5, 5.41) is 9.91.